The molecule has 1 heterocycles. The normalized spacial score (nSPS) is 15.3. The van der Waals surface area contributed by atoms with Gasteiger partial charge in [-0.15, -0.1) is 0 Å². The maximum atomic E-state index is 13.4. The first-order valence-electron chi connectivity index (χ1n) is 10.2. The summed E-state index contributed by atoms with van der Waals surface area (Å²) in [6.45, 7) is 4.24. The van der Waals surface area contributed by atoms with Crippen molar-refractivity contribution < 1.29 is 4.79 Å². The van der Waals surface area contributed by atoms with Crippen LogP contribution < -0.4 is 0 Å². The molecule has 1 amide bonds. The Labute approximate surface area is 172 Å². The molecule has 1 aliphatic rings. The highest BCUT2D eigenvalue weighted by Crippen LogP contribution is 2.22. The Balaban J connectivity index is 1.48. The van der Waals surface area contributed by atoms with Crippen molar-refractivity contribution in [2.75, 3.05) is 26.2 Å². The average molecular weight is 383 g/mol. The van der Waals surface area contributed by atoms with Crippen LogP contribution in [0.5, 0.6) is 0 Å². The molecule has 0 saturated carbocycles. The molecule has 3 heteroatoms. The van der Waals surface area contributed by atoms with Gasteiger partial charge in [-0.05, 0) is 22.8 Å². The van der Waals surface area contributed by atoms with Crippen LogP contribution >= 0.6 is 0 Å². The highest BCUT2D eigenvalue weighted by Gasteiger charge is 2.24. The van der Waals surface area contributed by atoms with Crippen LogP contribution in [0.25, 0.3) is 11.6 Å². The SMILES string of the molecule is O=C(/C(=C/c1ccccc1)c1ccccc1)N1CCN(Cc2ccccc2)CC1. The van der Waals surface area contributed by atoms with Gasteiger partial charge in [-0.2, -0.15) is 0 Å². The van der Waals surface area contributed by atoms with Gasteiger partial charge in [0.1, 0.15) is 0 Å². The Kier molecular flexibility index (Phi) is 6.18. The molecule has 3 aromatic carbocycles. The highest BCUT2D eigenvalue weighted by atomic mass is 16.2. The summed E-state index contributed by atoms with van der Waals surface area (Å²) in [7, 11) is 0. The predicted molar refractivity (Wildman–Crippen MR) is 119 cm³/mol. The van der Waals surface area contributed by atoms with Crippen molar-refractivity contribution in [2.24, 2.45) is 0 Å². The zero-order valence-electron chi connectivity index (χ0n) is 16.6. The highest BCUT2D eigenvalue weighted by molar-refractivity contribution is 6.24. The Hall–Kier alpha value is -3.17. The lowest BCUT2D eigenvalue weighted by Gasteiger charge is -2.35. The minimum Gasteiger partial charge on any atom is -0.336 e. The van der Waals surface area contributed by atoms with Crippen molar-refractivity contribution in [3.63, 3.8) is 0 Å². The van der Waals surface area contributed by atoms with E-state index in [1.807, 2.05) is 77.7 Å². The molecule has 3 aromatic rings. The quantitative estimate of drug-likeness (QED) is 0.477. The van der Waals surface area contributed by atoms with Crippen LogP contribution in [0.3, 0.4) is 0 Å². The van der Waals surface area contributed by atoms with E-state index in [0.717, 1.165) is 49.4 Å². The lowest BCUT2D eigenvalue weighted by Crippen LogP contribution is -2.48. The molecule has 29 heavy (non-hydrogen) atoms. The summed E-state index contributed by atoms with van der Waals surface area (Å²) >= 11 is 0. The third kappa shape index (κ3) is 5.01. The molecule has 3 nitrogen and oxygen atoms in total. The van der Waals surface area contributed by atoms with Crippen molar-refractivity contribution in [1.82, 2.24) is 9.80 Å². The number of hydrogen-bond acceptors (Lipinski definition) is 2. The molecule has 0 radical (unpaired) electrons. The fourth-order valence-electron chi connectivity index (χ4n) is 3.72. The maximum Gasteiger partial charge on any atom is 0.254 e. The first-order chi connectivity index (χ1) is 14.3. The van der Waals surface area contributed by atoms with E-state index in [-0.39, 0.29) is 5.91 Å². The van der Waals surface area contributed by atoms with Gasteiger partial charge in [0.25, 0.3) is 5.91 Å². The van der Waals surface area contributed by atoms with E-state index in [1.54, 1.807) is 0 Å². The summed E-state index contributed by atoms with van der Waals surface area (Å²) in [5, 5.41) is 0. The third-order valence-electron chi connectivity index (χ3n) is 5.33. The molecule has 146 valence electrons. The molecule has 4 rings (SSSR count). The van der Waals surface area contributed by atoms with Crippen molar-refractivity contribution in [2.45, 2.75) is 6.54 Å². The van der Waals surface area contributed by atoms with Crippen LogP contribution in [0.4, 0.5) is 0 Å². The summed E-state index contributed by atoms with van der Waals surface area (Å²) in [4.78, 5) is 17.8. The minimum atomic E-state index is 0.111. The van der Waals surface area contributed by atoms with Crippen molar-refractivity contribution in [3.8, 4) is 0 Å². The van der Waals surface area contributed by atoms with Gasteiger partial charge in [-0.25, -0.2) is 0 Å². The molecule has 1 fully saturated rings. The largest absolute Gasteiger partial charge is 0.336 e. The van der Waals surface area contributed by atoms with Crippen LogP contribution in [-0.2, 0) is 11.3 Å². The molecule has 0 atom stereocenters. The zero-order valence-corrected chi connectivity index (χ0v) is 16.6. The topological polar surface area (TPSA) is 23.6 Å². The van der Waals surface area contributed by atoms with E-state index in [2.05, 4.69) is 29.2 Å². The Morgan fingerprint density at radius 1 is 0.724 bits per heavy atom. The number of hydrogen-bond donors (Lipinski definition) is 0. The minimum absolute atomic E-state index is 0.111. The number of rotatable bonds is 5. The van der Waals surface area contributed by atoms with E-state index in [1.165, 1.54) is 5.56 Å². The number of benzene rings is 3. The molecule has 0 N–H and O–H groups in total. The van der Waals surface area contributed by atoms with Gasteiger partial charge in [0.2, 0.25) is 0 Å². The Bertz CT molecular complexity index is 944. The van der Waals surface area contributed by atoms with Crippen LogP contribution in [-0.4, -0.2) is 41.9 Å². The molecular weight excluding hydrogens is 356 g/mol. The third-order valence-corrected chi connectivity index (χ3v) is 5.33. The summed E-state index contributed by atoms with van der Waals surface area (Å²) < 4.78 is 0. The lowest BCUT2D eigenvalue weighted by molar-refractivity contribution is -0.126. The summed E-state index contributed by atoms with van der Waals surface area (Å²) in [5.74, 6) is 0.111. The van der Waals surface area contributed by atoms with E-state index >= 15 is 0 Å². The fourth-order valence-corrected chi connectivity index (χ4v) is 3.72. The van der Waals surface area contributed by atoms with Crippen molar-refractivity contribution >= 4 is 17.6 Å². The average Bonchev–Trinajstić information content (AvgIpc) is 2.79. The van der Waals surface area contributed by atoms with Gasteiger partial charge in [0.05, 0.1) is 0 Å². The maximum absolute atomic E-state index is 13.4. The summed E-state index contributed by atoms with van der Waals surface area (Å²) in [6, 6.07) is 30.6. The van der Waals surface area contributed by atoms with E-state index in [4.69, 9.17) is 0 Å². The Morgan fingerprint density at radius 2 is 1.28 bits per heavy atom. The second-order valence-corrected chi connectivity index (χ2v) is 7.39. The molecule has 0 spiro atoms. The van der Waals surface area contributed by atoms with Gasteiger partial charge in [-0.1, -0.05) is 91.0 Å². The molecule has 1 aliphatic heterocycles. The van der Waals surface area contributed by atoms with Crippen LogP contribution in [0.1, 0.15) is 16.7 Å². The first kappa shape index (κ1) is 19.2. The standard InChI is InChI=1S/C26H26N2O/c29-26(28-18-16-27(17-19-28)21-23-12-6-2-7-13-23)25(24-14-8-3-9-15-24)20-22-10-4-1-5-11-22/h1-15,20H,16-19,21H2/b25-20+. The Morgan fingerprint density at radius 3 is 1.90 bits per heavy atom. The van der Waals surface area contributed by atoms with Gasteiger partial charge in [0, 0.05) is 38.3 Å². The molecular formula is C26H26N2O. The van der Waals surface area contributed by atoms with Crippen molar-refractivity contribution in [3.05, 3.63) is 108 Å². The zero-order chi connectivity index (χ0) is 19.9. The number of nitrogens with zero attached hydrogens (tertiary/aromatic N) is 2. The van der Waals surface area contributed by atoms with Crippen molar-refractivity contribution in [1.29, 1.82) is 0 Å². The molecule has 0 bridgehead atoms. The van der Waals surface area contributed by atoms with Gasteiger partial charge >= 0.3 is 0 Å². The molecule has 0 aliphatic carbocycles. The second kappa shape index (κ2) is 9.35. The van der Waals surface area contributed by atoms with Crippen LogP contribution in [0, 0.1) is 0 Å². The number of amides is 1. The monoisotopic (exact) mass is 382 g/mol. The number of carbonyl (C=O) groups is 1. The second-order valence-electron chi connectivity index (χ2n) is 7.39. The molecule has 0 aromatic heterocycles. The molecule has 0 unspecified atom stereocenters. The van der Waals surface area contributed by atoms with E-state index < -0.39 is 0 Å². The van der Waals surface area contributed by atoms with Gasteiger partial charge in [-0.3, -0.25) is 9.69 Å². The summed E-state index contributed by atoms with van der Waals surface area (Å²) in [5.41, 5.74) is 4.09. The van der Waals surface area contributed by atoms with Gasteiger partial charge in [0.15, 0.2) is 0 Å². The van der Waals surface area contributed by atoms with Gasteiger partial charge < -0.3 is 4.90 Å². The fraction of sp³-hybridized carbons (Fsp3) is 0.192. The number of carbonyl (C=O) groups excluding carboxylic acids is 1. The number of piperazine rings is 1. The predicted octanol–water partition coefficient (Wildman–Crippen LogP) is 4.57. The molecule has 1 saturated heterocycles. The van der Waals surface area contributed by atoms with E-state index in [0.29, 0.717) is 0 Å². The smallest absolute Gasteiger partial charge is 0.254 e. The lowest BCUT2D eigenvalue weighted by atomic mass is 10.0. The van der Waals surface area contributed by atoms with Crippen LogP contribution in [0.2, 0.25) is 0 Å². The first-order valence-corrected chi connectivity index (χ1v) is 10.2. The van der Waals surface area contributed by atoms with E-state index in [9.17, 15) is 4.79 Å². The van der Waals surface area contributed by atoms with Crippen LogP contribution in [0.15, 0.2) is 91.0 Å². The summed E-state index contributed by atoms with van der Waals surface area (Å²) in [6.07, 6.45) is 2.01.